The van der Waals surface area contributed by atoms with Crippen LogP contribution in [-0.4, -0.2) is 16.7 Å². The summed E-state index contributed by atoms with van der Waals surface area (Å²) in [5.74, 6) is 2.23. The van der Waals surface area contributed by atoms with Crippen LogP contribution in [0.2, 0.25) is 0 Å². The maximum atomic E-state index is 5.45. The molecule has 17 heavy (non-hydrogen) atoms. The molecular weight excluding hydrogens is 286 g/mol. The summed E-state index contributed by atoms with van der Waals surface area (Å²) in [7, 11) is 0. The SMILES string of the molecule is Cc1noc(CCNC(C)c2ccc(Br)o2)n1. The van der Waals surface area contributed by atoms with Gasteiger partial charge < -0.3 is 14.3 Å². The zero-order valence-corrected chi connectivity index (χ0v) is 11.3. The summed E-state index contributed by atoms with van der Waals surface area (Å²) >= 11 is 3.28. The van der Waals surface area contributed by atoms with E-state index in [9.17, 15) is 0 Å². The number of rotatable bonds is 5. The minimum Gasteiger partial charge on any atom is -0.453 e. The fourth-order valence-corrected chi connectivity index (χ4v) is 1.82. The van der Waals surface area contributed by atoms with Crippen molar-refractivity contribution < 1.29 is 8.94 Å². The summed E-state index contributed by atoms with van der Waals surface area (Å²) in [4.78, 5) is 4.14. The highest BCUT2D eigenvalue weighted by molar-refractivity contribution is 9.10. The van der Waals surface area contributed by atoms with Crippen LogP contribution in [0.4, 0.5) is 0 Å². The predicted octanol–water partition coefficient (Wildman–Crippen LogP) is 2.63. The smallest absolute Gasteiger partial charge is 0.227 e. The van der Waals surface area contributed by atoms with Gasteiger partial charge in [-0.15, -0.1) is 0 Å². The minimum atomic E-state index is 0.158. The highest BCUT2D eigenvalue weighted by Gasteiger charge is 2.09. The van der Waals surface area contributed by atoms with E-state index in [2.05, 4.69) is 31.4 Å². The Morgan fingerprint density at radius 2 is 2.29 bits per heavy atom. The van der Waals surface area contributed by atoms with Gasteiger partial charge in [-0.3, -0.25) is 0 Å². The number of aromatic nitrogens is 2. The first-order chi connectivity index (χ1) is 8.15. The maximum Gasteiger partial charge on any atom is 0.227 e. The Hall–Kier alpha value is -1.14. The molecule has 0 aromatic carbocycles. The zero-order valence-electron chi connectivity index (χ0n) is 9.74. The fourth-order valence-electron chi connectivity index (χ4n) is 1.50. The van der Waals surface area contributed by atoms with E-state index in [1.807, 2.05) is 26.0 Å². The molecular formula is C11H14BrN3O2. The topological polar surface area (TPSA) is 64.1 Å². The average Bonchev–Trinajstić information content (AvgIpc) is 2.88. The average molecular weight is 300 g/mol. The zero-order chi connectivity index (χ0) is 12.3. The van der Waals surface area contributed by atoms with E-state index in [0.717, 1.165) is 17.0 Å². The second-order valence-corrected chi connectivity index (χ2v) is 4.58. The lowest BCUT2D eigenvalue weighted by Crippen LogP contribution is -2.21. The molecule has 0 saturated heterocycles. The molecule has 2 rings (SSSR count). The van der Waals surface area contributed by atoms with Crippen LogP contribution in [-0.2, 0) is 6.42 Å². The minimum absolute atomic E-state index is 0.158. The van der Waals surface area contributed by atoms with Gasteiger partial charge in [0.05, 0.1) is 6.04 Å². The number of hydrogen-bond acceptors (Lipinski definition) is 5. The van der Waals surface area contributed by atoms with Crippen LogP contribution in [0.1, 0.15) is 30.4 Å². The molecule has 0 bridgehead atoms. The summed E-state index contributed by atoms with van der Waals surface area (Å²) in [6, 6.07) is 3.98. The van der Waals surface area contributed by atoms with Gasteiger partial charge in [-0.25, -0.2) is 0 Å². The van der Waals surface area contributed by atoms with Crippen LogP contribution in [0, 0.1) is 6.92 Å². The summed E-state index contributed by atoms with van der Waals surface area (Å²) in [5.41, 5.74) is 0. The Kier molecular flexibility index (Phi) is 3.96. The Labute approximate surface area is 108 Å². The van der Waals surface area contributed by atoms with E-state index in [1.54, 1.807) is 0 Å². The van der Waals surface area contributed by atoms with Crippen LogP contribution >= 0.6 is 15.9 Å². The van der Waals surface area contributed by atoms with Crippen LogP contribution < -0.4 is 5.32 Å². The van der Waals surface area contributed by atoms with Gasteiger partial charge in [0.15, 0.2) is 10.5 Å². The fraction of sp³-hybridized carbons (Fsp3) is 0.455. The van der Waals surface area contributed by atoms with Crippen molar-refractivity contribution in [2.24, 2.45) is 0 Å². The van der Waals surface area contributed by atoms with Crippen LogP contribution in [0.3, 0.4) is 0 Å². The standard InChI is InChI=1S/C11H14BrN3O2/c1-7(9-3-4-10(12)16-9)13-6-5-11-14-8(2)15-17-11/h3-4,7,13H,5-6H2,1-2H3. The molecule has 0 aliphatic rings. The van der Waals surface area contributed by atoms with Gasteiger partial charge in [0.1, 0.15) is 5.76 Å². The van der Waals surface area contributed by atoms with Crippen molar-refractivity contribution in [3.63, 3.8) is 0 Å². The van der Waals surface area contributed by atoms with Gasteiger partial charge in [0.2, 0.25) is 5.89 Å². The number of halogens is 1. The monoisotopic (exact) mass is 299 g/mol. The van der Waals surface area contributed by atoms with Crippen LogP contribution in [0.25, 0.3) is 0 Å². The Morgan fingerprint density at radius 3 is 2.88 bits per heavy atom. The van der Waals surface area contributed by atoms with Crippen molar-refractivity contribution in [2.45, 2.75) is 26.3 Å². The largest absolute Gasteiger partial charge is 0.453 e. The molecule has 0 fully saturated rings. The lowest BCUT2D eigenvalue weighted by Gasteiger charge is -2.09. The van der Waals surface area contributed by atoms with E-state index in [-0.39, 0.29) is 6.04 Å². The molecule has 1 unspecified atom stereocenters. The molecule has 1 atom stereocenters. The van der Waals surface area contributed by atoms with Crippen LogP contribution in [0.15, 0.2) is 25.7 Å². The second kappa shape index (κ2) is 5.46. The second-order valence-electron chi connectivity index (χ2n) is 3.80. The number of nitrogens with zero attached hydrogens (tertiary/aromatic N) is 2. The summed E-state index contributed by atoms with van der Waals surface area (Å²) in [6.45, 7) is 4.62. The Balaban J connectivity index is 1.78. The van der Waals surface area contributed by atoms with Crippen molar-refractivity contribution in [3.8, 4) is 0 Å². The molecule has 0 amide bonds. The molecule has 6 heteroatoms. The first-order valence-corrected chi connectivity index (χ1v) is 6.22. The van der Waals surface area contributed by atoms with Gasteiger partial charge in [0.25, 0.3) is 0 Å². The lowest BCUT2D eigenvalue weighted by molar-refractivity contribution is 0.364. The molecule has 0 aliphatic heterocycles. The van der Waals surface area contributed by atoms with Crippen LogP contribution in [0.5, 0.6) is 0 Å². The third-order valence-electron chi connectivity index (χ3n) is 2.38. The highest BCUT2D eigenvalue weighted by atomic mass is 79.9. The van der Waals surface area contributed by atoms with Gasteiger partial charge in [0, 0.05) is 13.0 Å². The van der Waals surface area contributed by atoms with E-state index >= 15 is 0 Å². The first-order valence-electron chi connectivity index (χ1n) is 5.43. The van der Waals surface area contributed by atoms with E-state index < -0.39 is 0 Å². The molecule has 2 aromatic heterocycles. The van der Waals surface area contributed by atoms with Crippen molar-refractivity contribution in [3.05, 3.63) is 34.3 Å². The third-order valence-corrected chi connectivity index (χ3v) is 2.81. The molecule has 1 N–H and O–H groups in total. The molecule has 0 saturated carbocycles. The molecule has 0 radical (unpaired) electrons. The maximum absolute atomic E-state index is 5.45. The normalized spacial score (nSPS) is 12.9. The summed E-state index contributed by atoms with van der Waals surface area (Å²) in [6.07, 6.45) is 0.715. The van der Waals surface area contributed by atoms with E-state index in [0.29, 0.717) is 18.1 Å². The van der Waals surface area contributed by atoms with Crippen molar-refractivity contribution in [2.75, 3.05) is 6.54 Å². The Bertz CT molecular complexity index is 481. The van der Waals surface area contributed by atoms with Crippen molar-refractivity contribution in [1.29, 1.82) is 0 Å². The number of hydrogen-bond donors (Lipinski definition) is 1. The highest BCUT2D eigenvalue weighted by Crippen LogP contribution is 2.19. The van der Waals surface area contributed by atoms with Crippen molar-refractivity contribution >= 4 is 15.9 Å². The molecule has 0 aliphatic carbocycles. The van der Waals surface area contributed by atoms with Crippen molar-refractivity contribution in [1.82, 2.24) is 15.5 Å². The number of aryl methyl sites for hydroxylation is 1. The van der Waals surface area contributed by atoms with Gasteiger partial charge >= 0.3 is 0 Å². The molecule has 92 valence electrons. The molecule has 0 spiro atoms. The molecule has 5 nitrogen and oxygen atoms in total. The Morgan fingerprint density at radius 1 is 1.47 bits per heavy atom. The van der Waals surface area contributed by atoms with E-state index in [4.69, 9.17) is 8.94 Å². The van der Waals surface area contributed by atoms with E-state index in [1.165, 1.54) is 0 Å². The molecule has 2 aromatic rings. The summed E-state index contributed by atoms with van der Waals surface area (Å²) in [5, 5.41) is 7.06. The summed E-state index contributed by atoms with van der Waals surface area (Å²) < 4.78 is 11.2. The molecule has 2 heterocycles. The number of furan rings is 1. The van der Waals surface area contributed by atoms with Gasteiger partial charge in [-0.05, 0) is 41.9 Å². The number of nitrogens with one attached hydrogen (secondary N) is 1. The van der Waals surface area contributed by atoms with Gasteiger partial charge in [-0.2, -0.15) is 4.98 Å². The quantitative estimate of drug-likeness (QED) is 0.919. The predicted molar refractivity (Wildman–Crippen MR) is 65.6 cm³/mol. The van der Waals surface area contributed by atoms with Gasteiger partial charge in [-0.1, -0.05) is 5.16 Å². The lowest BCUT2D eigenvalue weighted by atomic mass is 10.2. The third kappa shape index (κ3) is 3.41. The first kappa shape index (κ1) is 12.3.